The minimum atomic E-state index is 0.134. The van der Waals surface area contributed by atoms with Crippen LogP contribution in [0.25, 0.3) is 10.1 Å². The number of hydrogen-bond donors (Lipinski definition) is 0. The van der Waals surface area contributed by atoms with Crippen LogP contribution in [-0.2, 0) is 4.79 Å². The fourth-order valence-electron chi connectivity index (χ4n) is 4.43. The lowest BCUT2D eigenvalue weighted by molar-refractivity contribution is -0.136. The average Bonchev–Trinajstić information content (AvgIpc) is 3.29. The number of piperazine rings is 1. The molecular formula is C22H25N5OS. The molecule has 0 saturated carbocycles. The van der Waals surface area contributed by atoms with Gasteiger partial charge in [-0.3, -0.25) is 4.79 Å². The van der Waals surface area contributed by atoms with Crippen molar-refractivity contribution in [3.8, 4) is 0 Å². The first-order valence-corrected chi connectivity index (χ1v) is 11.2. The van der Waals surface area contributed by atoms with Crippen LogP contribution in [-0.4, -0.2) is 60.0 Å². The number of fused-ring (bicyclic) bond motifs is 1. The lowest BCUT2D eigenvalue weighted by Crippen LogP contribution is -2.52. The molecule has 150 valence electrons. The minimum absolute atomic E-state index is 0.134. The van der Waals surface area contributed by atoms with E-state index in [9.17, 15) is 4.79 Å². The molecule has 2 saturated heterocycles. The van der Waals surface area contributed by atoms with Gasteiger partial charge in [0.25, 0.3) is 0 Å². The Morgan fingerprint density at radius 1 is 0.897 bits per heavy atom. The van der Waals surface area contributed by atoms with Crippen molar-refractivity contribution in [1.82, 2.24) is 14.9 Å². The van der Waals surface area contributed by atoms with Crippen molar-refractivity contribution in [3.05, 3.63) is 48.1 Å². The zero-order valence-corrected chi connectivity index (χ0v) is 17.2. The first-order valence-electron chi connectivity index (χ1n) is 10.3. The Balaban J connectivity index is 1.17. The van der Waals surface area contributed by atoms with E-state index < -0.39 is 0 Å². The van der Waals surface area contributed by atoms with E-state index in [1.807, 2.05) is 30.6 Å². The van der Waals surface area contributed by atoms with E-state index in [4.69, 9.17) is 0 Å². The summed E-state index contributed by atoms with van der Waals surface area (Å²) in [5.41, 5.74) is 0. The SMILES string of the molecule is O=C(C1CCN(c2nccc3sccc23)CC1)N1CCN(c2ccccn2)CC1. The number of nitrogens with zero attached hydrogens (tertiary/aromatic N) is 5. The number of hydrogen-bond acceptors (Lipinski definition) is 6. The van der Waals surface area contributed by atoms with Gasteiger partial charge in [0.2, 0.25) is 5.91 Å². The van der Waals surface area contributed by atoms with Crippen LogP contribution >= 0.6 is 11.3 Å². The fraction of sp³-hybridized carbons (Fsp3) is 0.409. The number of aromatic nitrogens is 2. The van der Waals surface area contributed by atoms with E-state index >= 15 is 0 Å². The van der Waals surface area contributed by atoms with Crippen LogP contribution < -0.4 is 9.80 Å². The van der Waals surface area contributed by atoms with Crippen molar-refractivity contribution in [3.63, 3.8) is 0 Å². The summed E-state index contributed by atoms with van der Waals surface area (Å²) in [7, 11) is 0. The number of amides is 1. The largest absolute Gasteiger partial charge is 0.356 e. The highest BCUT2D eigenvalue weighted by atomic mass is 32.1. The smallest absolute Gasteiger partial charge is 0.225 e. The number of thiophene rings is 1. The molecule has 0 atom stereocenters. The molecule has 7 heteroatoms. The summed E-state index contributed by atoms with van der Waals surface area (Å²) in [6.07, 6.45) is 5.53. The van der Waals surface area contributed by atoms with Gasteiger partial charge in [0.05, 0.1) is 0 Å². The third-order valence-corrected chi connectivity index (χ3v) is 6.95. The Labute approximate surface area is 174 Å². The molecule has 2 aliphatic rings. The van der Waals surface area contributed by atoms with Crippen molar-refractivity contribution in [2.24, 2.45) is 5.92 Å². The molecule has 0 radical (unpaired) electrons. The molecule has 0 N–H and O–H groups in total. The number of pyridine rings is 2. The topological polar surface area (TPSA) is 52.6 Å². The van der Waals surface area contributed by atoms with Crippen LogP contribution in [0.5, 0.6) is 0 Å². The number of rotatable bonds is 3. The van der Waals surface area contributed by atoms with E-state index in [1.165, 1.54) is 10.1 Å². The van der Waals surface area contributed by atoms with Crippen molar-refractivity contribution in [1.29, 1.82) is 0 Å². The molecule has 0 aromatic carbocycles. The Morgan fingerprint density at radius 3 is 2.48 bits per heavy atom. The monoisotopic (exact) mass is 407 g/mol. The highest BCUT2D eigenvalue weighted by molar-refractivity contribution is 7.17. The maximum absolute atomic E-state index is 13.1. The average molecular weight is 408 g/mol. The van der Waals surface area contributed by atoms with E-state index in [2.05, 4.69) is 42.2 Å². The van der Waals surface area contributed by atoms with E-state index in [0.717, 1.165) is 63.7 Å². The predicted octanol–water partition coefficient (Wildman–Crippen LogP) is 3.26. The Bertz CT molecular complexity index is 975. The molecule has 0 unspecified atom stereocenters. The van der Waals surface area contributed by atoms with Crippen LogP contribution in [0.1, 0.15) is 12.8 Å². The summed E-state index contributed by atoms with van der Waals surface area (Å²) in [6.45, 7) is 5.06. The maximum atomic E-state index is 13.1. The Morgan fingerprint density at radius 2 is 1.72 bits per heavy atom. The van der Waals surface area contributed by atoms with Crippen LogP contribution in [0.15, 0.2) is 48.1 Å². The van der Waals surface area contributed by atoms with Crippen LogP contribution in [0, 0.1) is 5.92 Å². The van der Waals surface area contributed by atoms with Crippen LogP contribution in [0.4, 0.5) is 11.6 Å². The molecule has 29 heavy (non-hydrogen) atoms. The summed E-state index contributed by atoms with van der Waals surface area (Å²) in [6, 6.07) is 10.2. The molecule has 0 spiro atoms. The van der Waals surface area contributed by atoms with Gasteiger partial charge in [-0.25, -0.2) is 9.97 Å². The summed E-state index contributed by atoms with van der Waals surface area (Å²) in [5, 5.41) is 3.35. The normalized spacial score (nSPS) is 18.4. The van der Waals surface area contributed by atoms with Gasteiger partial charge in [0.1, 0.15) is 11.6 Å². The highest BCUT2D eigenvalue weighted by Gasteiger charge is 2.31. The number of carbonyl (C=O) groups excluding carboxylic acids is 1. The zero-order chi connectivity index (χ0) is 19.6. The first-order chi connectivity index (χ1) is 14.3. The molecule has 5 heterocycles. The third kappa shape index (κ3) is 3.67. The second-order valence-corrected chi connectivity index (χ2v) is 8.68. The van der Waals surface area contributed by atoms with Crippen molar-refractivity contribution in [2.45, 2.75) is 12.8 Å². The van der Waals surface area contributed by atoms with Crippen molar-refractivity contribution >= 4 is 39.0 Å². The molecule has 5 rings (SSSR count). The molecule has 1 amide bonds. The quantitative estimate of drug-likeness (QED) is 0.667. The molecule has 0 aliphatic carbocycles. The third-order valence-electron chi connectivity index (χ3n) is 6.07. The summed E-state index contributed by atoms with van der Waals surface area (Å²) in [4.78, 5) is 28.8. The maximum Gasteiger partial charge on any atom is 0.225 e. The van der Waals surface area contributed by atoms with E-state index in [1.54, 1.807) is 11.3 Å². The second-order valence-electron chi connectivity index (χ2n) is 7.73. The molecular weight excluding hydrogens is 382 g/mol. The molecule has 0 bridgehead atoms. The van der Waals surface area contributed by atoms with Crippen LogP contribution in [0.2, 0.25) is 0 Å². The van der Waals surface area contributed by atoms with Gasteiger partial charge >= 0.3 is 0 Å². The number of anilines is 2. The molecule has 2 fully saturated rings. The Hall–Kier alpha value is -2.67. The lowest BCUT2D eigenvalue weighted by Gasteiger charge is -2.39. The van der Waals surface area contributed by atoms with Gasteiger partial charge in [-0.15, -0.1) is 11.3 Å². The van der Waals surface area contributed by atoms with Gasteiger partial charge in [-0.1, -0.05) is 6.07 Å². The minimum Gasteiger partial charge on any atom is -0.356 e. The number of carbonyl (C=O) groups is 1. The lowest BCUT2D eigenvalue weighted by atomic mass is 9.94. The number of piperidine rings is 1. The van der Waals surface area contributed by atoms with Crippen molar-refractivity contribution in [2.75, 3.05) is 49.1 Å². The van der Waals surface area contributed by atoms with Crippen molar-refractivity contribution < 1.29 is 4.79 Å². The summed E-state index contributed by atoms with van der Waals surface area (Å²) >= 11 is 1.75. The van der Waals surface area contributed by atoms with Crippen LogP contribution in [0.3, 0.4) is 0 Å². The van der Waals surface area contributed by atoms with Gasteiger partial charge in [-0.2, -0.15) is 0 Å². The summed E-state index contributed by atoms with van der Waals surface area (Å²) in [5.74, 6) is 2.53. The first kappa shape index (κ1) is 18.4. The van der Waals surface area contributed by atoms with E-state index in [-0.39, 0.29) is 5.92 Å². The van der Waals surface area contributed by atoms with Gasteiger partial charge in [0, 0.05) is 67.7 Å². The van der Waals surface area contributed by atoms with Gasteiger partial charge < -0.3 is 14.7 Å². The zero-order valence-electron chi connectivity index (χ0n) is 16.4. The summed E-state index contributed by atoms with van der Waals surface area (Å²) < 4.78 is 1.28. The molecule has 6 nitrogen and oxygen atoms in total. The van der Waals surface area contributed by atoms with E-state index in [0.29, 0.717) is 5.91 Å². The molecule has 3 aromatic heterocycles. The molecule has 3 aromatic rings. The predicted molar refractivity (Wildman–Crippen MR) is 118 cm³/mol. The van der Waals surface area contributed by atoms with Gasteiger partial charge in [0.15, 0.2) is 0 Å². The Kier molecular flexibility index (Phi) is 5.06. The van der Waals surface area contributed by atoms with Gasteiger partial charge in [-0.05, 0) is 42.5 Å². The standard InChI is InChI=1S/C22H25N5OS/c28-22(27-14-12-25(13-15-27)20-3-1-2-8-23-20)17-5-10-26(11-6-17)21-18-7-16-29-19(18)4-9-24-21/h1-4,7-9,16-17H,5-6,10-15H2. The fourth-order valence-corrected chi connectivity index (χ4v) is 5.20. The molecule has 2 aliphatic heterocycles. The highest BCUT2D eigenvalue weighted by Crippen LogP contribution is 2.31. The second kappa shape index (κ2) is 7.99.